The predicted molar refractivity (Wildman–Crippen MR) is 149 cm³/mol. The van der Waals surface area contributed by atoms with Crippen LogP contribution in [0.3, 0.4) is 0 Å². The fourth-order valence-electron chi connectivity index (χ4n) is 3.83. The van der Waals surface area contributed by atoms with E-state index >= 15 is 0 Å². The SMILES string of the molecule is O=C(CCCCNc1ccccn1)NCC(=O)NC(CC(=O)OC(=O)C(F)(F)F)c1ccc(-c2ccccc2)c(Cl)c1. The number of carbonyl (C=O) groups is 4. The summed E-state index contributed by atoms with van der Waals surface area (Å²) in [4.78, 5) is 52.2. The molecule has 0 fully saturated rings. The minimum absolute atomic E-state index is 0.156. The molecule has 0 spiro atoms. The Labute approximate surface area is 244 Å². The van der Waals surface area contributed by atoms with Crippen molar-refractivity contribution in [2.75, 3.05) is 18.4 Å². The van der Waals surface area contributed by atoms with E-state index in [4.69, 9.17) is 11.6 Å². The minimum Gasteiger partial charge on any atom is -0.386 e. The van der Waals surface area contributed by atoms with Gasteiger partial charge in [0.2, 0.25) is 11.8 Å². The predicted octanol–water partition coefficient (Wildman–Crippen LogP) is 4.98. The van der Waals surface area contributed by atoms with Gasteiger partial charge in [-0.1, -0.05) is 60.1 Å². The molecule has 0 radical (unpaired) electrons. The lowest BCUT2D eigenvalue weighted by Crippen LogP contribution is -2.39. The van der Waals surface area contributed by atoms with E-state index in [0.29, 0.717) is 24.9 Å². The number of halogens is 4. The molecule has 42 heavy (non-hydrogen) atoms. The first-order valence-electron chi connectivity index (χ1n) is 12.9. The van der Waals surface area contributed by atoms with Crippen molar-refractivity contribution in [3.8, 4) is 11.1 Å². The van der Waals surface area contributed by atoms with Crippen molar-refractivity contribution in [1.82, 2.24) is 15.6 Å². The van der Waals surface area contributed by atoms with Crippen LogP contribution in [0.1, 0.15) is 37.3 Å². The fraction of sp³-hybridized carbons (Fsp3) is 0.276. The van der Waals surface area contributed by atoms with E-state index in [0.717, 1.165) is 11.4 Å². The highest BCUT2D eigenvalue weighted by molar-refractivity contribution is 6.33. The van der Waals surface area contributed by atoms with Crippen LogP contribution in [-0.4, -0.2) is 48.0 Å². The third-order valence-corrected chi connectivity index (χ3v) is 6.18. The van der Waals surface area contributed by atoms with Crippen LogP contribution in [0.15, 0.2) is 72.9 Å². The van der Waals surface area contributed by atoms with Crippen LogP contribution in [0, 0.1) is 0 Å². The Kier molecular flexibility index (Phi) is 11.9. The number of esters is 2. The van der Waals surface area contributed by atoms with Crippen molar-refractivity contribution in [2.24, 2.45) is 0 Å². The van der Waals surface area contributed by atoms with Crippen LogP contribution in [0.2, 0.25) is 5.02 Å². The second-order valence-corrected chi connectivity index (χ2v) is 9.47. The molecule has 13 heteroatoms. The number of rotatable bonds is 13. The summed E-state index contributed by atoms with van der Waals surface area (Å²) in [5.74, 6) is -4.56. The quantitative estimate of drug-likeness (QED) is 0.143. The molecule has 0 saturated carbocycles. The number of amides is 2. The van der Waals surface area contributed by atoms with Gasteiger partial charge in [0.05, 0.1) is 19.0 Å². The maximum absolute atomic E-state index is 12.6. The van der Waals surface area contributed by atoms with Crippen molar-refractivity contribution in [1.29, 1.82) is 0 Å². The molecule has 0 aliphatic heterocycles. The van der Waals surface area contributed by atoms with E-state index in [1.165, 1.54) is 12.1 Å². The summed E-state index contributed by atoms with van der Waals surface area (Å²) >= 11 is 6.44. The number of hydrogen-bond donors (Lipinski definition) is 3. The van der Waals surface area contributed by atoms with Crippen molar-refractivity contribution < 1.29 is 37.1 Å². The fourth-order valence-corrected chi connectivity index (χ4v) is 4.13. The lowest BCUT2D eigenvalue weighted by molar-refractivity contribution is -0.202. The number of anilines is 1. The third kappa shape index (κ3) is 10.5. The van der Waals surface area contributed by atoms with Gasteiger partial charge in [0.1, 0.15) is 5.82 Å². The van der Waals surface area contributed by atoms with Gasteiger partial charge in [-0.25, -0.2) is 9.78 Å². The average Bonchev–Trinajstić information content (AvgIpc) is 2.96. The van der Waals surface area contributed by atoms with Crippen LogP contribution in [0.5, 0.6) is 0 Å². The van der Waals surface area contributed by atoms with Gasteiger partial charge < -0.3 is 20.7 Å². The van der Waals surface area contributed by atoms with Crippen LogP contribution in [0.25, 0.3) is 11.1 Å². The summed E-state index contributed by atoms with van der Waals surface area (Å²) in [7, 11) is 0. The van der Waals surface area contributed by atoms with E-state index in [1.807, 2.05) is 42.5 Å². The molecular weight excluding hydrogens is 577 g/mol. The number of nitrogens with one attached hydrogen (secondary N) is 3. The molecular formula is C29H28ClF3N4O5. The monoisotopic (exact) mass is 604 g/mol. The van der Waals surface area contributed by atoms with E-state index in [1.54, 1.807) is 18.3 Å². The highest BCUT2D eigenvalue weighted by Gasteiger charge is 2.42. The van der Waals surface area contributed by atoms with Crippen LogP contribution >= 0.6 is 11.6 Å². The molecule has 2 aromatic carbocycles. The first kappa shape index (κ1) is 32.1. The summed E-state index contributed by atoms with van der Waals surface area (Å²) in [6.45, 7) is 0.152. The number of nitrogens with zero attached hydrogens (tertiary/aromatic N) is 1. The van der Waals surface area contributed by atoms with Crippen LogP contribution in [0.4, 0.5) is 19.0 Å². The molecule has 3 N–H and O–H groups in total. The Balaban J connectivity index is 1.58. The summed E-state index contributed by atoms with van der Waals surface area (Å²) in [6, 6.07) is 17.9. The summed E-state index contributed by atoms with van der Waals surface area (Å²) in [5, 5.41) is 8.33. The molecule has 0 aliphatic carbocycles. The van der Waals surface area contributed by atoms with Crippen molar-refractivity contribution >= 4 is 41.2 Å². The number of alkyl halides is 3. The zero-order chi connectivity index (χ0) is 30.5. The van der Waals surface area contributed by atoms with Gasteiger partial charge in [-0.3, -0.25) is 14.4 Å². The van der Waals surface area contributed by atoms with E-state index in [-0.39, 0.29) is 22.9 Å². The van der Waals surface area contributed by atoms with E-state index in [9.17, 15) is 32.3 Å². The zero-order valence-corrected chi connectivity index (χ0v) is 23.0. The Hall–Kier alpha value is -4.45. The summed E-state index contributed by atoms with van der Waals surface area (Å²) in [6.07, 6.45) is -3.13. The first-order chi connectivity index (χ1) is 20.0. The first-order valence-corrected chi connectivity index (χ1v) is 13.3. The van der Waals surface area contributed by atoms with Gasteiger partial charge in [-0.05, 0) is 42.2 Å². The highest BCUT2D eigenvalue weighted by atomic mass is 35.5. The Morgan fingerprint density at radius 2 is 1.67 bits per heavy atom. The summed E-state index contributed by atoms with van der Waals surface area (Å²) in [5.41, 5.74) is 1.71. The number of unbranched alkanes of at least 4 members (excludes halogenated alkanes) is 1. The molecule has 0 aliphatic rings. The molecule has 2 amide bonds. The standard InChI is InChI=1S/C29H28ClF3N4O5/c30-22-16-20(12-13-21(22)19-8-2-1-3-9-19)23(17-27(40)42-28(41)29(31,32)33)37-26(39)18-36-25(38)11-5-7-15-35-24-10-4-6-14-34-24/h1-4,6,8-10,12-14,16,23H,5,7,11,15,17-18H2,(H,34,35)(H,36,38)(H,37,39). The lowest BCUT2D eigenvalue weighted by atomic mass is 9.99. The van der Waals surface area contributed by atoms with Crippen molar-refractivity contribution in [2.45, 2.75) is 37.9 Å². The topological polar surface area (TPSA) is 126 Å². The van der Waals surface area contributed by atoms with Crippen LogP contribution < -0.4 is 16.0 Å². The van der Waals surface area contributed by atoms with Crippen LogP contribution in [-0.2, 0) is 23.9 Å². The normalized spacial score (nSPS) is 11.7. The van der Waals surface area contributed by atoms with Gasteiger partial charge >= 0.3 is 18.1 Å². The third-order valence-electron chi connectivity index (χ3n) is 5.87. The summed E-state index contributed by atoms with van der Waals surface area (Å²) < 4.78 is 41.6. The van der Waals surface area contributed by atoms with Gasteiger partial charge in [0.25, 0.3) is 0 Å². The maximum Gasteiger partial charge on any atom is 0.491 e. The van der Waals surface area contributed by atoms with E-state index < -0.39 is 43.0 Å². The van der Waals surface area contributed by atoms with Gasteiger partial charge in [-0.2, -0.15) is 13.2 Å². The lowest BCUT2D eigenvalue weighted by Gasteiger charge is -2.20. The van der Waals surface area contributed by atoms with E-state index in [2.05, 4.69) is 25.7 Å². The second-order valence-electron chi connectivity index (χ2n) is 9.06. The molecule has 3 aromatic rings. The highest BCUT2D eigenvalue weighted by Crippen LogP contribution is 2.31. The molecule has 0 saturated heterocycles. The molecule has 1 atom stereocenters. The number of carbonyl (C=O) groups excluding carboxylic acids is 4. The number of benzene rings is 2. The van der Waals surface area contributed by atoms with Gasteiger partial charge in [0.15, 0.2) is 0 Å². The molecule has 9 nitrogen and oxygen atoms in total. The largest absolute Gasteiger partial charge is 0.491 e. The molecule has 0 bridgehead atoms. The van der Waals surface area contributed by atoms with Crippen molar-refractivity contribution in [3.63, 3.8) is 0 Å². The Morgan fingerprint density at radius 3 is 2.33 bits per heavy atom. The number of pyridine rings is 1. The molecule has 1 aromatic heterocycles. The van der Waals surface area contributed by atoms with Gasteiger partial charge in [0, 0.05) is 29.7 Å². The maximum atomic E-state index is 12.6. The van der Waals surface area contributed by atoms with Gasteiger partial charge in [-0.15, -0.1) is 0 Å². The number of hydrogen-bond acceptors (Lipinski definition) is 7. The minimum atomic E-state index is -5.37. The van der Waals surface area contributed by atoms with Crippen molar-refractivity contribution in [3.05, 3.63) is 83.5 Å². The smallest absolute Gasteiger partial charge is 0.386 e. The molecule has 3 rings (SSSR count). The second kappa shape index (κ2) is 15.5. The molecule has 1 unspecified atom stereocenters. The molecule has 1 heterocycles. The Morgan fingerprint density at radius 1 is 0.929 bits per heavy atom. The average molecular weight is 605 g/mol. The number of ether oxygens (including phenoxy) is 1. The Bertz CT molecular complexity index is 1370. The zero-order valence-electron chi connectivity index (χ0n) is 22.2. The number of aromatic nitrogens is 1. The molecule has 222 valence electrons.